The van der Waals surface area contributed by atoms with Crippen LogP contribution in [0.2, 0.25) is 0 Å². The number of ether oxygens (including phenoxy) is 1. The number of carbonyl (C=O) groups is 2. The lowest BCUT2D eigenvalue weighted by Gasteiger charge is -2.25. The Balaban J connectivity index is 3.27. The molecule has 0 fully saturated rings. The molecule has 4 heteroatoms. The van der Waals surface area contributed by atoms with Gasteiger partial charge in [0, 0.05) is 0 Å². The van der Waals surface area contributed by atoms with Gasteiger partial charge in [0.05, 0.1) is 11.1 Å². The van der Waals surface area contributed by atoms with Gasteiger partial charge in [-0.2, -0.15) is 0 Å². The molecule has 4 nitrogen and oxygen atoms in total. The molecule has 1 aromatic rings. The number of aromatic carboxylic acids is 1. The fraction of sp³-hybridized carbons (Fsp3) is 0.556. The molecule has 22 heavy (non-hydrogen) atoms. The lowest BCUT2D eigenvalue weighted by molar-refractivity contribution is -0.00503. The van der Waals surface area contributed by atoms with E-state index in [1.54, 1.807) is 12.1 Å². The van der Waals surface area contributed by atoms with Crippen LogP contribution in [0.5, 0.6) is 0 Å². The molecular weight excluding hydrogens is 280 g/mol. The summed E-state index contributed by atoms with van der Waals surface area (Å²) >= 11 is 0. The third-order valence-electron chi connectivity index (χ3n) is 3.77. The molecule has 0 radical (unpaired) electrons. The standard InChI is InChI=1S/C18H26O4/c1-6-9-18(4,5)22-17(21)15-11-13(8-3)12(7-2)10-14(15)16(19)20/h10-11H,6-9H2,1-5H3,(H,19,20). The van der Waals surface area contributed by atoms with Crippen LogP contribution >= 0.6 is 0 Å². The van der Waals surface area contributed by atoms with Crippen LogP contribution in [0.25, 0.3) is 0 Å². The summed E-state index contributed by atoms with van der Waals surface area (Å²) in [5.41, 5.74) is 1.52. The Morgan fingerprint density at radius 1 is 1.05 bits per heavy atom. The van der Waals surface area contributed by atoms with Gasteiger partial charge in [0.25, 0.3) is 0 Å². The molecule has 0 aromatic heterocycles. The average molecular weight is 306 g/mol. The first-order valence-corrected chi connectivity index (χ1v) is 7.88. The van der Waals surface area contributed by atoms with Crippen LogP contribution in [-0.2, 0) is 17.6 Å². The molecule has 1 aromatic carbocycles. The molecule has 0 bridgehead atoms. The largest absolute Gasteiger partial charge is 0.478 e. The number of aryl methyl sites for hydroxylation is 2. The quantitative estimate of drug-likeness (QED) is 0.765. The number of carboxylic acids is 1. The van der Waals surface area contributed by atoms with Crippen LogP contribution in [0.1, 0.15) is 79.3 Å². The highest BCUT2D eigenvalue weighted by Crippen LogP contribution is 2.24. The van der Waals surface area contributed by atoms with Crippen LogP contribution in [0, 0.1) is 0 Å². The van der Waals surface area contributed by atoms with E-state index in [2.05, 4.69) is 0 Å². The molecule has 1 rings (SSSR count). The van der Waals surface area contributed by atoms with Crippen molar-refractivity contribution in [1.82, 2.24) is 0 Å². The SMILES string of the molecule is CCCC(C)(C)OC(=O)c1cc(CC)c(CC)cc1C(=O)O. The van der Waals surface area contributed by atoms with Gasteiger partial charge in [-0.3, -0.25) is 0 Å². The number of carboxylic acid groups (broad SMARTS) is 1. The molecule has 0 aliphatic rings. The van der Waals surface area contributed by atoms with E-state index in [1.165, 1.54) is 0 Å². The van der Waals surface area contributed by atoms with Crippen LogP contribution in [0.4, 0.5) is 0 Å². The Morgan fingerprint density at radius 2 is 1.55 bits per heavy atom. The van der Waals surface area contributed by atoms with Crippen molar-refractivity contribution in [3.8, 4) is 0 Å². The minimum absolute atomic E-state index is 0.0198. The number of esters is 1. The fourth-order valence-corrected chi connectivity index (χ4v) is 2.65. The highest BCUT2D eigenvalue weighted by molar-refractivity contribution is 6.03. The maximum Gasteiger partial charge on any atom is 0.339 e. The zero-order valence-corrected chi connectivity index (χ0v) is 14.2. The van der Waals surface area contributed by atoms with E-state index in [1.807, 2.05) is 34.6 Å². The van der Waals surface area contributed by atoms with Gasteiger partial charge in [-0.05, 0) is 56.4 Å². The molecule has 0 atom stereocenters. The summed E-state index contributed by atoms with van der Waals surface area (Å²) in [4.78, 5) is 23.9. The van der Waals surface area contributed by atoms with E-state index in [0.717, 1.165) is 36.8 Å². The fourth-order valence-electron chi connectivity index (χ4n) is 2.65. The normalized spacial score (nSPS) is 11.3. The molecule has 0 saturated carbocycles. The Kier molecular flexibility index (Phi) is 6.15. The topological polar surface area (TPSA) is 63.6 Å². The Labute approximate surface area is 132 Å². The molecule has 0 heterocycles. The summed E-state index contributed by atoms with van der Waals surface area (Å²) in [7, 11) is 0. The molecule has 0 unspecified atom stereocenters. The maximum absolute atomic E-state index is 12.4. The van der Waals surface area contributed by atoms with Gasteiger partial charge in [0.15, 0.2) is 0 Å². The van der Waals surface area contributed by atoms with Gasteiger partial charge in [0.1, 0.15) is 5.60 Å². The highest BCUT2D eigenvalue weighted by atomic mass is 16.6. The minimum atomic E-state index is -1.10. The molecule has 0 spiro atoms. The van der Waals surface area contributed by atoms with Crippen molar-refractivity contribution in [2.45, 2.75) is 65.9 Å². The first kappa shape index (κ1) is 18.2. The number of benzene rings is 1. The second-order valence-electron chi connectivity index (χ2n) is 6.08. The van der Waals surface area contributed by atoms with Crippen molar-refractivity contribution in [2.75, 3.05) is 0 Å². The third-order valence-corrected chi connectivity index (χ3v) is 3.77. The molecule has 122 valence electrons. The van der Waals surface area contributed by atoms with Crippen molar-refractivity contribution < 1.29 is 19.4 Å². The maximum atomic E-state index is 12.4. The zero-order chi connectivity index (χ0) is 16.9. The van der Waals surface area contributed by atoms with Crippen LogP contribution in [0.15, 0.2) is 12.1 Å². The van der Waals surface area contributed by atoms with Crippen LogP contribution in [0.3, 0.4) is 0 Å². The van der Waals surface area contributed by atoms with Crippen molar-refractivity contribution in [3.63, 3.8) is 0 Å². The van der Waals surface area contributed by atoms with Crippen molar-refractivity contribution in [2.24, 2.45) is 0 Å². The van der Waals surface area contributed by atoms with E-state index < -0.39 is 17.5 Å². The number of hydrogen-bond acceptors (Lipinski definition) is 3. The minimum Gasteiger partial charge on any atom is -0.478 e. The number of carbonyl (C=O) groups excluding carboxylic acids is 1. The molecule has 0 saturated heterocycles. The predicted octanol–water partition coefficient (Wildman–Crippen LogP) is 4.25. The molecule has 0 aliphatic heterocycles. The van der Waals surface area contributed by atoms with E-state index in [9.17, 15) is 14.7 Å². The summed E-state index contributed by atoms with van der Waals surface area (Å²) in [5, 5.41) is 9.39. The van der Waals surface area contributed by atoms with Crippen molar-refractivity contribution in [3.05, 3.63) is 34.4 Å². The predicted molar refractivity (Wildman–Crippen MR) is 86.6 cm³/mol. The van der Waals surface area contributed by atoms with Gasteiger partial charge in [-0.25, -0.2) is 9.59 Å². The average Bonchev–Trinajstić information content (AvgIpc) is 2.44. The molecule has 0 aliphatic carbocycles. The van der Waals surface area contributed by atoms with Gasteiger partial charge >= 0.3 is 11.9 Å². The lowest BCUT2D eigenvalue weighted by atomic mass is 9.95. The van der Waals surface area contributed by atoms with E-state index in [4.69, 9.17) is 4.74 Å². The van der Waals surface area contributed by atoms with E-state index in [0.29, 0.717) is 0 Å². The molecule has 0 amide bonds. The third kappa shape index (κ3) is 4.33. The molecule has 1 N–H and O–H groups in total. The van der Waals surface area contributed by atoms with Crippen LogP contribution in [-0.4, -0.2) is 22.6 Å². The summed E-state index contributed by atoms with van der Waals surface area (Å²) in [5.74, 6) is -1.66. The van der Waals surface area contributed by atoms with Crippen molar-refractivity contribution in [1.29, 1.82) is 0 Å². The monoisotopic (exact) mass is 306 g/mol. The Morgan fingerprint density at radius 3 is 1.95 bits per heavy atom. The van der Waals surface area contributed by atoms with Gasteiger partial charge in [0.2, 0.25) is 0 Å². The smallest absolute Gasteiger partial charge is 0.339 e. The summed E-state index contributed by atoms with van der Waals surface area (Å²) in [6.07, 6.45) is 3.11. The Hall–Kier alpha value is -1.84. The molecular formula is C18H26O4. The summed E-state index contributed by atoms with van der Waals surface area (Å²) < 4.78 is 5.53. The van der Waals surface area contributed by atoms with Gasteiger partial charge in [-0.1, -0.05) is 27.2 Å². The first-order chi connectivity index (χ1) is 10.3. The van der Waals surface area contributed by atoms with E-state index in [-0.39, 0.29) is 11.1 Å². The second kappa shape index (κ2) is 7.43. The van der Waals surface area contributed by atoms with Crippen LogP contribution < -0.4 is 0 Å². The Bertz CT molecular complexity index is 558. The lowest BCUT2D eigenvalue weighted by Crippen LogP contribution is -2.28. The van der Waals surface area contributed by atoms with Gasteiger partial charge < -0.3 is 9.84 Å². The summed E-state index contributed by atoms with van der Waals surface area (Å²) in [6.45, 7) is 9.67. The highest BCUT2D eigenvalue weighted by Gasteiger charge is 2.26. The first-order valence-electron chi connectivity index (χ1n) is 7.88. The number of hydrogen-bond donors (Lipinski definition) is 1. The summed E-state index contributed by atoms with van der Waals surface area (Å²) in [6, 6.07) is 3.28. The number of rotatable bonds is 7. The second-order valence-corrected chi connectivity index (χ2v) is 6.08. The van der Waals surface area contributed by atoms with Gasteiger partial charge in [-0.15, -0.1) is 0 Å². The van der Waals surface area contributed by atoms with Crippen molar-refractivity contribution >= 4 is 11.9 Å². The zero-order valence-electron chi connectivity index (χ0n) is 14.2. The van der Waals surface area contributed by atoms with E-state index >= 15 is 0 Å².